The lowest BCUT2D eigenvalue weighted by atomic mass is 10.1. The molecule has 0 aliphatic heterocycles. The first-order chi connectivity index (χ1) is 7.80. The summed E-state index contributed by atoms with van der Waals surface area (Å²) in [6.45, 7) is 4.62. The van der Waals surface area contributed by atoms with Crippen LogP contribution >= 0.6 is 0 Å². The number of rotatable bonds is 7. The molecule has 0 aromatic heterocycles. The van der Waals surface area contributed by atoms with Crippen LogP contribution in [-0.2, 0) is 17.7 Å². The highest BCUT2D eigenvalue weighted by atomic mass is 16.5. The molecule has 0 saturated heterocycles. The van der Waals surface area contributed by atoms with Gasteiger partial charge in [0.1, 0.15) is 5.75 Å². The van der Waals surface area contributed by atoms with E-state index in [4.69, 9.17) is 9.47 Å². The molecule has 16 heavy (non-hydrogen) atoms. The Morgan fingerprint density at radius 3 is 2.50 bits per heavy atom. The van der Waals surface area contributed by atoms with Crippen molar-refractivity contribution in [3.63, 3.8) is 0 Å². The first-order valence-electron chi connectivity index (χ1n) is 5.66. The van der Waals surface area contributed by atoms with E-state index < -0.39 is 0 Å². The largest absolute Gasteiger partial charge is 0.497 e. The molecule has 0 heterocycles. The van der Waals surface area contributed by atoms with E-state index in [1.165, 1.54) is 11.1 Å². The number of methoxy groups -OCH3 is 2. The van der Waals surface area contributed by atoms with Gasteiger partial charge in [-0.1, -0.05) is 13.0 Å². The Morgan fingerprint density at radius 1 is 1.12 bits per heavy atom. The summed E-state index contributed by atoms with van der Waals surface area (Å²) in [5.41, 5.74) is 2.56. The van der Waals surface area contributed by atoms with E-state index in [2.05, 4.69) is 30.4 Å². The molecule has 0 bridgehead atoms. The molecule has 1 aromatic carbocycles. The molecule has 0 amide bonds. The van der Waals surface area contributed by atoms with Crippen LogP contribution in [0.25, 0.3) is 0 Å². The van der Waals surface area contributed by atoms with Crippen molar-refractivity contribution in [3.8, 4) is 5.75 Å². The molecule has 0 atom stereocenters. The van der Waals surface area contributed by atoms with Crippen LogP contribution in [0.4, 0.5) is 0 Å². The Kier molecular flexibility index (Phi) is 5.90. The lowest BCUT2D eigenvalue weighted by Crippen LogP contribution is -2.18. The van der Waals surface area contributed by atoms with Gasteiger partial charge in [0, 0.05) is 20.2 Å². The lowest BCUT2D eigenvalue weighted by Gasteiger charge is -2.09. The van der Waals surface area contributed by atoms with Crippen molar-refractivity contribution < 1.29 is 9.47 Å². The fraction of sp³-hybridized carbons (Fsp3) is 0.538. The van der Waals surface area contributed by atoms with Crippen molar-refractivity contribution in [1.29, 1.82) is 0 Å². The van der Waals surface area contributed by atoms with Crippen LogP contribution in [-0.4, -0.2) is 27.4 Å². The number of ether oxygens (including phenoxy) is 2. The van der Waals surface area contributed by atoms with E-state index in [-0.39, 0.29) is 0 Å². The molecule has 0 aliphatic rings. The number of hydrogen-bond acceptors (Lipinski definition) is 3. The van der Waals surface area contributed by atoms with Crippen molar-refractivity contribution in [1.82, 2.24) is 5.32 Å². The Hall–Kier alpha value is -1.06. The maximum absolute atomic E-state index is 5.27. The third-order valence-corrected chi connectivity index (χ3v) is 2.48. The van der Waals surface area contributed by atoms with Crippen LogP contribution in [0.15, 0.2) is 18.2 Å². The summed E-state index contributed by atoms with van der Waals surface area (Å²) >= 11 is 0. The second-order valence-electron chi connectivity index (χ2n) is 3.71. The fourth-order valence-electron chi connectivity index (χ4n) is 1.56. The summed E-state index contributed by atoms with van der Waals surface area (Å²) in [6.07, 6.45) is 1.03. The summed E-state index contributed by atoms with van der Waals surface area (Å²) in [4.78, 5) is 0. The average Bonchev–Trinajstić information content (AvgIpc) is 2.34. The molecular weight excluding hydrogens is 202 g/mol. The van der Waals surface area contributed by atoms with E-state index in [0.717, 1.165) is 31.9 Å². The molecular formula is C13H21NO2. The van der Waals surface area contributed by atoms with Crippen LogP contribution in [0.1, 0.15) is 18.1 Å². The van der Waals surface area contributed by atoms with E-state index in [1.54, 1.807) is 14.2 Å². The number of nitrogens with one attached hydrogen (secondary N) is 1. The van der Waals surface area contributed by atoms with Gasteiger partial charge in [-0.15, -0.1) is 0 Å². The van der Waals surface area contributed by atoms with Gasteiger partial charge in [0.15, 0.2) is 0 Å². The molecule has 1 aromatic rings. The van der Waals surface area contributed by atoms with Crippen LogP contribution in [0.2, 0.25) is 0 Å². The Morgan fingerprint density at radius 2 is 1.88 bits per heavy atom. The quantitative estimate of drug-likeness (QED) is 0.717. The minimum atomic E-state index is 0.741. The monoisotopic (exact) mass is 223 g/mol. The van der Waals surface area contributed by atoms with Gasteiger partial charge < -0.3 is 14.8 Å². The summed E-state index contributed by atoms with van der Waals surface area (Å²) in [7, 11) is 3.42. The van der Waals surface area contributed by atoms with Gasteiger partial charge in [0.2, 0.25) is 0 Å². The van der Waals surface area contributed by atoms with Gasteiger partial charge in [0.25, 0.3) is 0 Å². The molecule has 0 aliphatic carbocycles. The van der Waals surface area contributed by atoms with Gasteiger partial charge in [-0.25, -0.2) is 0 Å². The highest BCUT2D eigenvalue weighted by Crippen LogP contribution is 2.17. The molecule has 0 saturated carbocycles. The topological polar surface area (TPSA) is 30.5 Å². The van der Waals surface area contributed by atoms with Crippen LogP contribution in [0.5, 0.6) is 5.75 Å². The van der Waals surface area contributed by atoms with E-state index in [9.17, 15) is 0 Å². The summed E-state index contributed by atoms with van der Waals surface area (Å²) in [6, 6.07) is 6.36. The van der Waals surface area contributed by atoms with E-state index in [1.807, 2.05) is 0 Å². The third-order valence-electron chi connectivity index (χ3n) is 2.48. The highest BCUT2D eigenvalue weighted by Gasteiger charge is 2.00. The molecule has 3 nitrogen and oxygen atoms in total. The van der Waals surface area contributed by atoms with Crippen molar-refractivity contribution in [2.45, 2.75) is 19.9 Å². The maximum Gasteiger partial charge on any atom is 0.119 e. The van der Waals surface area contributed by atoms with Gasteiger partial charge in [0.05, 0.1) is 13.7 Å². The fourth-order valence-corrected chi connectivity index (χ4v) is 1.56. The van der Waals surface area contributed by atoms with Crippen molar-refractivity contribution in [2.75, 3.05) is 27.4 Å². The zero-order valence-electron chi connectivity index (χ0n) is 10.4. The Bertz CT molecular complexity index is 291. The van der Waals surface area contributed by atoms with Crippen molar-refractivity contribution in [3.05, 3.63) is 29.3 Å². The Labute approximate surface area is 97.8 Å². The normalized spacial score (nSPS) is 10.4. The molecule has 3 heteroatoms. The first kappa shape index (κ1) is 13.0. The molecule has 0 spiro atoms. The zero-order chi connectivity index (χ0) is 11.8. The number of hydrogen-bond donors (Lipinski definition) is 1. The van der Waals surface area contributed by atoms with Crippen molar-refractivity contribution in [2.24, 2.45) is 0 Å². The standard InChI is InChI=1S/C13H21NO2/c1-4-11-7-12(9-13(8-11)16-3)10-14-5-6-15-2/h7-9,14H,4-6,10H2,1-3H3. The van der Waals surface area contributed by atoms with Crippen molar-refractivity contribution >= 4 is 0 Å². The second kappa shape index (κ2) is 7.25. The molecule has 1 rings (SSSR count). The van der Waals surface area contributed by atoms with Gasteiger partial charge >= 0.3 is 0 Å². The predicted octanol–water partition coefficient (Wildman–Crippen LogP) is 1.99. The lowest BCUT2D eigenvalue weighted by molar-refractivity contribution is 0.199. The number of aryl methyl sites for hydroxylation is 1. The van der Waals surface area contributed by atoms with E-state index >= 15 is 0 Å². The Balaban J connectivity index is 2.57. The van der Waals surface area contributed by atoms with Gasteiger partial charge in [-0.2, -0.15) is 0 Å². The first-order valence-corrected chi connectivity index (χ1v) is 5.66. The minimum Gasteiger partial charge on any atom is -0.497 e. The highest BCUT2D eigenvalue weighted by molar-refractivity contribution is 5.34. The average molecular weight is 223 g/mol. The summed E-state index contributed by atoms with van der Waals surface area (Å²) in [5, 5.41) is 3.32. The third kappa shape index (κ3) is 4.21. The van der Waals surface area contributed by atoms with Crippen LogP contribution in [0.3, 0.4) is 0 Å². The summed E-state index contributed by atoms with van der Waals surface area (Å²) < 4.78 is 10.3. The molecule has 90 valence electrons. The van der Waals surface area contributed by atoms with E-state index in [0.29, 0.717) is 0 Å². The smallest absolute Gasteiger partial charge is 0.119 e. The predicted molar refractivity (Wildman–Crippen MR) is 66.0 cm³/mol. The SMILES string of the molecule is CCc1cc(CNCCOC)cc(OC)c1. The van der Waals surface area contributed by atoms with Crippen LogP contribution < -0.4 is 10.1 Å². The molecule has 0 radical (unpaired) electrons. The summed E-state index contributed by atoms with van der Waals surface area (Å²) in [5.74, 6) is 0.933. The molecule has 1 N–H and O–H groups in total. The van der Waals surface area contributed by atoms with Gasteiger partial charge in [-0.3, -0.25) is 0 Å². The number of benzene rings is 1. The maximum atomic E-state index is 5.27. The van der Waals surface area contributed by atoms with Gasteiger partial charge in [-0.05, 0) is 29.7 Å². The molecule has 0 fully saturated rings. The zero-order valence-corrected chi connectivity index (χ0v) is 10.4. The molecule has 0 unspecified atom stereocenters. The minimum absolute atomic E-state index is 0.741. The second-order valence-corrected chi connectivity index (χ2v) is 3.71. The van der Waals surface area contributed by atoms with Crippen LogP contribution in [0, 0.1) is 0 Å².